The fourth-order valence-corrected chi connectivity index (χ4v) is 4.17. The number of ether oxygens (including phenoxy) is 3. The molecule has 1 aliphatic rings. The van der Waals surface area contributed by atoms with Crippen molar-refractivity contribution in [3.63, 3.8) is 0 Å². The van der Waals surface area contributed by atoms with E-state index < -0.39 is 6.61 Å². The quantitative estimate of drug-likeness (QED) is 0.144. The number of thioether (sulfide) groups is 1. The number of aromatic nitrogens is 1. The second-order valence-corrected chi connectivity index (χ2v) is 8.05. The molecule has 2 N–H and O–H groups in total. The van der Waals surface area contributed by atoms with Crippen molar-refractivity contribution < 1.29 is 23.0 Å². The van der Waals surface area contributed by atoms with E-state index in [4.69, 9.17) is 9.47 Å². The van der Waals surface area contributed by atoms with Gasteiger partial charge in [-0.15, -0.1) is 35.3 Å². The highest BCUT2D eigenvalue weighted by molar-refractivity contribution is 14.0. The summed E-state index contributed by atoms with van der Waals surface area (Å²) in [7, 11) is 0. The van der Waals surface area contributed by atoms with Crippen LogP contribution in [0.1, 0.15) is 18.9 Å². The summed E-state index contributed by atoms with van der Waals surface area (Å²) in [6.45, 7) is 0.648. The second kappa shape index (κ2) is 13.0. The van der Waals surface area contributed by atoms with Crippen LogP contribution in [0.4, 0.5) is 8.78 Å². The van der Waals surface area contributed by atoms with Crippen molar-refractivity contribution >= 4 is 53.0 Å². The first-order chi connectivity index (χ1) is 14.2. The molecule has 7 nitrogen and oxygen atoms in total. The minimum atomic E-state index is -2.93. The summed E-state index contributed by atoms with van der Waals surface area (Å²) in [5.41, 5.74) is 0.492. The summed E-state index contributed by atoms with van der Waals surface area (Å²) in [4.78, 5) is 8.72. The van der Waals surface area contributed by atoms with Gasteiger partial charge < -0.3 is 24.8 Å². The van der Waals surface area contributed by atoms with Crippen molar-refractivity contribution in [1.29, 1.82) is 0 Å². The first kappa shape index (κ1) is 24.7. The molecule has 0 saturated heterocycles. The maximum atomic E-state index is 12.8. The van der Waals surface area contributed by atoms with E-state index in [9.17, 15) is 8.78 Å². The zero-order valence-electron chi connectivity index (χ0n) is 16.2. The molecule has 0 radical (unpaired) electrons. The molecule has 2 aromatic rings. The number of halogens is 3. The zero-order valence-corrected chi connectivity index (χ0v) is 20.2. The SMILES string of the molecule is CCNC(=NCc1cc2c(cc1OC(F)F)OCO2)NCCCSc1nccs1.I. The van der Waals surface area contributed by atoms with Crippen LogP contribution >= 0.6 is 47.1 Å². The number of hydrogen-bond acceptors (Lipinski definition) is 7. The summed E-state index contributed by atoms with van der Waals surface area (Å²) in [6.07, 6.45) is 2.72. The van der Waals surface area contributed by atoms with Crippen molar-refractivity contribution in [2.45, 2.75) is 30.8 Å². The molecule has 166 valence electrons. The highest BCUT2D eigenvalue weighted by Crippen LogP contribution is 2.39. The number of benzene rings is 1. The standard InChI is InChI=1S/C18H22F2N4O3S2.HI/c1-2-21-17(22-4-3-6-28-18-23-5-7-29-18)24-10-12-8-14-15(26-11-25-14)9-13(12)27-16(19)20;/h5,7-9,16H,2-4,6,10-11H2,1H3,(H2,21,22,24);1H. The molecule has 0 saturated carbocycles. The number of thiazole rings is 1. The van der Waals surface area contributed by atoms with E-state index in [0.29, 0.717) is 29.6 Å². The van der Waals surface area contributed by atoms with E-state index in [0.717, 1.165) is 23.1 Å². The molecule has 0 atom stereocenters. The van der Waals surface area contributed by atoms with Crippen LogP contribution in [0.2, 0.25) is 0 Å². The maximum Gasteiger partial charge on any atom is 0.387 e. The largest absolute Gasteiger partial charge is 0.454 e. The van der Waals surface area contributed by atoms with Gasteiger partial charge in [-0.1, -0.05) is 11.8 Å². The summed E-state index contributed by atoms with van der Waals surface area (Å²) >= 11 is 3.34. The van der Waals surface area contributed by atoms with Gasteiger partial charge in [-0.25, -0.2) is 9.98 Å². The first-order valence-electron chi connectivity index (χ1n) is 9.07. The van der Waals surface area contributed by atoms with Crippen LogP contribution in [-0.2, 0) is 6.54 Å². The third kappa shape index (κ3) is 7.61. The van der Waals surface area contributed by atoms with Crippen molar-refractivity contribution in [2.75, 3.05) is 25.6 Å². The third-order valence-corrected chi connectivity index (χ3v) is 5.82. The molecule has 1 aliphatic heterocycles. The van der Waals surface area contributed by atoms with Gasteiger partial charge in [0.1, 0.15) is 10.1 Å². The van der Waals surface area contributed by atoms with E-state index in [2.05, 4.69) is 25.3 Å². The summed E-state index contributed by atoms with van der Waals surface area (Å²) < 4.78 is 41.7. The summed E-state index contributed by atoms with van der Waals surface area (Å²) in [6, 6.07) is 3.04. The normalized spacial score (nSPS) is 12.6. The van der Waals surface area contributed by atoms with Gasteiger partial charge in [0.2, 0.25) is 6.79 Å². The molecule has 1 aromatic carbocycles. The average Bonchev–Trinajstić information content (AvgIpc) is 3.36. The molecule has 1 aromatic heterocycles. The predicted octanol–water partition coefficient (Wildman–Crippen LogP) is 4.33. The van der Waals surface area contributed by atoms with E-state index in [1.54, 1.807) is 35.4 Å². The van der Waals surface area contributed by atoms with E-state index in [-0.39, 0.29) is 43.1 Å². The summed E-state index contributed by atoms with van der Waals surface area (Å²) in [5.74, 6) is 2.45. The number of aliphatic imine (C=N–C) groups is 1. The van der Waals surface area contributed by atoms with Crippen LogP contribution in [0.15, 0.2) is 33.0 Å². The van der Waals surface area contributed by atoms with Crippen molar-refractivity contribution in [3.8, 4) is 17.2 Å². The van der Waals surface area contributed by atoms with Crippen LogP contribution in [0.3, 0.4) is 0 Å². The van der Waals surface area contributed by atoms with Gasteiger partial charge in [0.05, 0.1) is 6.54 Å². The molecule has 0 unspecified atom stereocenters. The molecule has 0 amide bonds. The lowest BCUT2D eigenvalue weighted by Crippen LogP contribution is -2.37. The van der Waals surface area contributed by atoms with Crippen LogP contribution in [-0.4, -0.2) is 43.2 Å². The van der Waals surface area contributed by atoms with Gasteiger partial charge in [-0.3, -0.25) is 0 Å². The Morgan fingerprint density at radius 2 is 2.13 bits per heavy atom. The van der Waals surface area contributed by atoms with Gasteiger partial charge in [0, 0.05) is 42.0 Å². The number of rotatable bonds is 10. The fraction of sp³-hybridized carbons (Fsp3) is 0.444. The maximum absolute atomic E-state index is 12.8. The predicted molar refractivity (Wildman–Crippen MR) is 125 cm³/mol. The fourth-order valence-electron chi connectivity index (χ4n) is 2.52. The molecule has 3 rings (SSSR count). The van der Waals surface area contributed by atoms with E-state index in [1.807, 2.05) is 12.3 Å². The Labute approximate surface area is 199 Å². The molecule has 12 heteroatoms. The number of hydrogen-bond donors (Lipinski definition) is 2. The minimum absolute atomic E-state index is 0. The Morgan fingerprint density at radius 1 is 1.33 bits per heavy atom. The molecular weight excluding hydrogens is 549 g/mol. The highest BCUT2D eigenvalue weighted by Gasteiger charge is 2.20. The number of nitrogens with zero attached hydrogens (tertiary/aromatic N) is 2. The van der Waals surface area contributed by atoms with E-state index in [1.165, 1.54) is 6.07 Å². The monoisotopic (exact) mass is 572 g/mol. The van der Waals surface area contributed by atoms with Crippen LogP contribution < -0.4 is 24.8 Å². The van der Waals surface area contributed by atoms with Gasteiger partial charge in [0.15, 0.2) is 17.5 Å². The van der Waals surface area contributed by atoms with Crippen LogP contribution in [0, 0.1) is 0 Å². The molecular formula is C18H23F2IN4O3S2. The van der Waals surface area contributed by atoms with Crippen LogP contribution in [0.25, 0.3) is 0 Å². The van der Waals surface area contributed by atoms with Gasteiger partial charge in [-0.05, 0) is 19.4 Å². The van der Waals surface area contributed by atoms with Gasteiger partial charge in [-0.2, -0.15) is 8.78 Å². The lowest BCUT2D eigenvalue weighted by molar-refractivity contribution is -0.0505. The number of alkyl halides is 2. The van der Waals surface area contributed by atoms with Crippen molar-refractivity contribution in [3.05, 3.63) is 29.3 Å². The van der Waals surface area contributed by atoms with Crippen LogP contribution in [0.5, 0.6) is 17.2 Å². The van der Waals surface area contributed by atoms with Crippen molar-refractivity contribution in [1.82, 2.24) is 15.6 Å². The van der Waals surface area contributed by atoms with Gasteiger partial charge >= 0.3 is 6.61 Å². The second-order valence-electron chi connectivity index (χ2n) is 5.81. The topological polar surface area (TPSA) is 77.0 Å². The number of fused-ring (bicyclic) bond motifs is 1. The molecule has 0 spiro atoms. The Morgan fingerprint density at radius 3 is 2.83 bits per heavy atom. The average molecular weight is 572 g/mol. The van der Waals surface area contributed by atoms with Gasteiger partial charge in [0.25, 0.3) is 0 Å². The zero-order chi connectivity index (χ0) is 20.5. The van der Waals surface area contributed by atoms with E-state index >= 15 is 0 Å². The first-order valence-corrected chi connectivity index (χ1v) is 10.9. The Balaban J connectivity index is 0.00000320. The Bertz CT molecular complexity index is 813. The number of nitrogens with one attached hydrogen (secondary N) is 2. The molecule has 30 heavy (non-hydrogen) atoms. The lowest BCUT2D eigenvalue weighted by atomic mass is 10.1. The van der Waals surface area contributed by atoms with Crippen molar-refractivity contribution in [2.24, 2.45) is 4.99 Å². The third-order valence-electron chi connectivity index (χ3n) is 3.77. The Kier molecular flexibility index (Phi) is 10.7. The molecule has 0 fully saturated rings. The summed E-state index contributed by atoms with van der Waals surface area (Å²) in [5, 5.41) is 8.35. The minimum Gasteiger partial charge on any atom is -0.454 e. The smallest absolute Gasteiger partial charge is 0.387 e. The molecule has 2 heterocycles. The molecule has 0 bridgehead atoms. The lowest BCUT2D eigenvalue weighted by Gasteiger charge is -2.13. The highest BCUT2D eigenvalue weighted by atomic mass is 127. The number of guanidine groups is 1. The Hall–Kier alpha value is -1.54. The molecule has 0 aliphatic carbocycles.